The number of carbonyl (C=O) groups is 1. The second kappa shape index (κ2) is 7.98. The van der Waals surface area contributed by atoms with Crippen LogP contribution >= 0.6 is 0 Å². The van der Waals surface area contributed by atoms with Gasteiger partial charge in [-0.05, 0) is 43.1 Å². The Bertz CT molecular complexity index is 983. The average molecular weight is 376 g/mol. The molecule has 0 radical (unpaired) electrons. The second-order valence-electron chi connectivity index (χ2n) is 7.23. The zero-order valence-electron chi connectivity index (χ0n) is 15.9. The van der Waals surface area contributed by atoms with Crippen molar-refractivity contribution in [3.05, 3.63) is 71.9 Å². The number of nitrogens with zero attached hydrogens (tertiary/aromatic N) is 2. The summed E-state index contributed by atoms with van der Waals surface area (Å²) in [5.41, 5.74) is 3.11. The summed E-state index contributed by atoms with van der Waals surface area (Å²) >= 11 is 0. The third kappa shape index (κ3) is 3.45. The minimum absolute atomic E-state index is 0.0915. The van der Waals surface area contributed by atoms with Gasteiger partial charge in [0.05, 0.1) is 24.6 Å². The number of pyridine rings is 1. The lowest BCUT2D eigenvalue weighted by Crippen LogP contribution is -2.41. The first kappa shape index (κ1) is 18.4. The number of benzene rings is 2. The minimum Gasteiger partial charge on any atom is -0.496 e. The molecule has 2 unspecified atom stereocenters. The first-order valence-electron chi connectivity index (χ1n) is 9.62. The highest BCUT2D eigenvalue weighted by molar-refractivity contribution is 5.83. The third-order valence-corrected chi connectivity index (χ3v) is 5.58. The number of piperidine rings is 1. The van der Waals surface area contributed by atoms with Crippen molar-refractivity contribution in [1.82, 2.24) is 9.88 Å². The van der Waals surface area contributed by atoms with E-state index >= 15 is 0 Å². The summed E-state index contributed by atoms with van der Waals surface area (Å²) in [5, 5.41) is 10.7. The standard InChI is InChI=1S/C23H24N2O3/c1-28-21-11-5-3-9-19(21)22(25-14-6-7-16(15-25)23(26)27)18-12-13-24-20-10-4-2-8-17(18)20/h2-5,8-13,16,22H,6-7,14-15H2,1H3,(H,26,27). The Labute approximate surface area is 164 Å². The van der Waals surface area contributed by atoms with E-state index in [1.165, 1.54) is 0 Å². The number of aliphatic carboxylic acids is 1. The van der Waals surface area contributed by atoms with Gasteiger partial charge in [-0.15, -0.1) is 0 Å². The normalized spacial score (nSPS) is 18.7. The molecule has 5 nitrogen and oxygen atoms in total. The molecule has 1 saturated heterocycles. The fourth-order valence-corrected chi connectivity index (χ4v) is 4.25. The summed E-state index contributed by atoms with van der Waals surface area (Å²) < 4.78 is 5.67. The largest absolute Gasteiger partial charge is 0.496 e. The zero-order chi connectivity index (χ0) is 19.5. The topological polar surface area (TPSA) is 62.7 Å². The highest BCUT2D eigenvalue weighted by Gasteiger charge is 2.33. The smallest absolute Gasteiger partial charge is 0.307 e. The predicted molar refractivity (Wildman–Crippen MR) is 109 cm³/mol. The zero-order valence-corrected chi connectivity index (χ0v) is 15.9. The van der Waals surface area contributed by atoms with Crippen molar-refractivity contribution in [3.8, 4) is 5.75 Å². The molecule has 1 aliphatic rings. The number of ether oxygens (including phenoxy) is 1. The van der Waals surface area contributed by atoms with Crippen LogP contribution in [0.1, 0.15) is 30.0 Å². The molecule has 4 rings (SSSR count). The highest BCUT2D eigenvalue weighted by atomic mass is 16.5. The fraction of sp³-hybridized carbons (Fsp3) is 0.304. The van der Waals surface area contributed by atoms with E-state index in [0.717, 1.165) is 47.2 Å². The lowest BCUT2D eigenvalue weighted by atomic mass is 9.89. The molecule has 5 heteroatoms. The molecule has 1 aliphatic heterocycles. The van der Waals surface area contributed by atoms with Crippen LogP contribution in [-0.4, -0.2) is 41.2 Å². The number of carboxylic acid groups (broad SMARTS) is 1. The maximum Gasteiger partial charge on any atom is 0.307 e. The Hall–Kier alpha value is -2.92. The maximum atomic E-state index is 11.7. The molecule has 0 spiro atoms. The third-order valence-electron chi connectivity index (χ3n) is 5.58. The van der Waals surface area contributed by atoms with Crippen molar-refractivity contribution in [2.24, 2.45) is 5.92 Å². The second-order valence-corrected chi connectivity index (χ2v) is 7.23. The van der Waals surface area contributed by atoms with E-state index in [0.29, 0.717) is 6.54 Å². The number of para-hydroxylation sites is 2. The van der Waals surface area contributed by atoms with E-state index in [4.69, 9.17) is 4.74 Å². The van der Waals surface area contributed by atoms with E-state index in [2.05, 4.69) is 22.0 Å². The molecule has 0 aliphatic carbocycles. The Kier molecular flexibility index (Phi) is 5.26. The highest BCUT2D eigenvalue weighted by Crippen LogP contribution is 2.39. The van der Waals surface area contributed by atoms with E-state index < -0.39 is 5.97 Å². The van der Waals surface area contributed by atoms with Crippen LogP contribution < -0.4 is 4.74 Å². The van der Waals surface area contributed by atoms with Crippen molar-refractivity contribution in [1.29, 1.82) is 0 Å². The van der Waals surface area contributed by atoms with Crippen molar-refractivity contribution in [2.75, 3.05) is 20.2 Å². The molecule has 1 fully saturated rings. The number of carboxylic acids is 1. The lowest BCUT2D eigenvalue weighted by molar-refractivity contribution is -0.143. The molecule has 0 bridgehead atoms. The van der Waals surface area contributed by atoms with Gasteiger partial charge in [0.1, 0.15) is 5.75 Å². The summed E-state index contributed by atoms with van der Waals surface area (Å²) in [7, 11) is 1.68. The molecular weight excluding hydrogens is 352 g/mol. The predicted octanol–water partition coefficient (Wildman–Crippen LogP) is 4.13. The van der Waals surface area contributed by atoms with E-state index in [1.807, 2.05) is 48.7 Å². The van der Waals surface area contributed by atoms with E-state index in [9.17, 15) is 9.90 Å². The summed E-state index contributed by atoms with van der Waals surface area (Å²) in [6.45, 7) is 1.37. The summed E-state index contributed by atoms with van der Waals surface area (Å²) in [6, 6.07) is 18.0. The summed E-state index contributed by atoms with van der Waals surface area (Å²) in [6.07, 6.45) is 3.42. The molecule has 2 aromatic carbocycles. The van der Waals surface area contributed by atoms with E-state index in [-0.39, 0.29) is 12.0 Å². The van der Waals surface area contributed by atoms with E-state index in [1.54, 1.807) is 7.11 Å². The number of fused-ring (bicyclic) bond motifs is 1. The Morgan fingerprint density at radius 3 is 2.75 bits per heavy atom. The van der Waals surface area contributed by atoms with Gasteiger partial charge in [-0.2, -0.15) is 0 Å². The van der Waals surface area contributed by atoms with Gasteiger partial charge in [0, 0.05) is 23.7 Å². The molecule has 3 aromatic rings. The van der Waals surface area contributed by atoms with Gasteiger partial charge in [-0.25, -0.2) is 0 Å². The summed E-state index contributed by atoms with van der Waals surface area (Å²) in [4.78, 5) is 18.5. The lowest BCUT2D eigenvalue weighted by Gasteiger charge is -2.38. The van der Waals surface area contributed by atoms with Crippen LogP contribution in [0.3, 0.4) is 0 Å². The van der Waals surface area contributed by atoms with Crippen LogP contribution in [0.2, 0.25) is 0 Å². The van der Waals surface area contributed by atoms with Gasteiger partial charge < -0.3 is 9.84 Å². The molecule has 28 heavy (non-hydrogen) atoms. The van der Waals surface area contributed by atoms with Crippen LogP contribution in [0.15, 0.2) is 60.8 Å². The number of hydrogen-bond donors (Lipinski definition) is 1. The molecule has 1 N–H and O–H groups in total. The minimum atomic E-state index is -0.719. The number of rotatable bonds is 5. The number of aromatic nitrogens is 1. The number of hydrogen-bond acceptors (Lipinski definition) is 4. The van der Waals surface area contributed by atoms with Crippen LogP contribution in [0, 0.1) is 5.92 Å². The Balaban J connectivity index is 1.87. The first-order chi connectivity index (χ1) is 13.7. The van der Waals surface area contributed by atoms with Gasteiger partial charge in [-0.1, -0.05) is 36.4 Å². The van der Waals surface area contributed by atoms with Gasteiger partial charge in [0.2, 0.25) is 0 Å². The van der Waals surface area contributed by atoms with Crippen molar-refractivity contribution in [3.63, 3.8) is 0 Å². The van der Waals surface area contributed by atoms with Crippen molar-refractivity contribution < 1.29 is 14.6 Å². The van der Waals surface area contributed by atoms with Gasteiger partial charge >= 0.3 is 5.97 Å². The Morgan fingerprint density at radius 2 is 1.93 bits per heavy atom. The molecule has 1 aromatic heterocycles. The average Bonchev–Trinajstić information content (AvgIpc) is 2.75. The Morgan fingerprint density at radius 1 is 1.14 bits per heavy atom. The van der Waals surface area contributed by atoms with Crippen molar-refractivity contribution in [2.45, 2.75) is 18.9 Å². The fourth-order valence-electron chi connectivity index (χ4n) is 4.25. The van der Waals surface area contributed by atoms with Gasteiger partial charge in [0.25, 0.3) is 0 Å². The monoisotopic (exact) mass is 376 g/mol. The van der Waals surface area contributed by atoms with Gasteiger partial charge in [-0.3, -0.25) is 14.7 Å². The van der Waals surface area contributed by atoms with Crippen LogP contribution in [0.5, 0.6) is 5.75 Å². The molecule has 0 amide bonds. The van der Waals surface area contributed by atoms with Crippen molar-refractivity contribution >= 4 is 16.9 Å². The quantitative estimate of drug-likeness (QED) is 0.725. The molecule has 144 valence electrons. The van der Waals surface area contributed by atoms with Gasteiger partial charge in [0.15, 0.2) is 0 Å². The summed E-state index contributed by atoms with van der Waals surface area (Å²) in [5.74, 6) is -0.257. The van der Waals surface area contributed by atoms with Crippen LogP contribution in [-0.2, 0) is 4.79 Å². The van der Waals surface area contributed by atoms with Crippen LogP contribution in [0.4, 0.5) is 0 Å². The SMILES string of the molecule is COc1ccccc1C(c1ccnc2ccccc12)N1CCCC(C(=O)O)C1. The first-order valence-corrected chi connectivity index (χ1v) is 9.62. The maximum absolute atomic E-state index is 11.7. The molecule has 2 atom stereocenters. The molecule has 2 heterocycles. The number of methoxy groups -OCH3 is 1. The number of likely N-dealkylation sites (tertiary alicyclic amines) is 1. The molecule has 0 saturated carbocycles. The van der Waals surface area contributed by atoms with Crippen LogP contribution in [0.25, 0.3) is 10.9 Å². The molecular formula is C23H24N2O3.